The van der Waals surface area contributed by atoms with E-state index in [4.69, 9.17) is 16.3 Å². The summed E-state index contributed by atoms with van der Waals surface area (Å²) in [5, 5.41) is 13.1. The van der Waals surface area contributed by atoms with Gasteiger partial charge in [-0.1, -0.05) is 23.7 Å². The molecule has 1 aromatic carbocycles. The van der Waals surface area contributed by atoms with Crippen LogP contribution in [0, 0.1) is 0 Å². The predicted octanol–water partition coefficient (Wildman–Crippen LogP) is 2.99. The topological polar surface area (TPSA) is 71.5 Å². The number of aliphatic hydroxyl groups excluding tert-OH is 1. The van der Waals surface area contributed by atoms with Crippen molar-refractivity contribution >= 4 is 17.5 Å². The fourth-order valence-corrected chi connectivity index (χ4v) is 2.17. The summed E-state index contributed by atoms with van der Waals surface area (Å²) in [4.78, 5) is 15.8. The summed E-state index contributed by atoms with van der Waals surface area (Å²) >= 11 is 5.75. The first kappa shape index (κ1) is 17.2. The van der Waals surface area contributed by atoms with Gasteiger partial charge in [-0.25, -0.2) is 4.98 Å². The van der Waals surface area contributed by atoms with Crippen LogP contribution in [-0.4, -0.2) is 28.6 Å². The number of hydrogen-bond donors (Lipinski definition) is 2. The summed E-state index contributed by atoms with van der Waals surface area (Å²) in [7, 11) is 0. The van der Waals surface area contributed by atoms with E-state index in [1.54, 1.807) is 30.3 Å². The van der Waals surface area contributed by atoms with Crippen LogP contribution >= 0.6 is 11.6 Å². The van der Waals surface area contributed by atoms with Crippen molar-refractivity contribution in [2.75, 3.05) is 6.54 Å². The molecule has 0 spiro atoms. The van der Waals surface area contributed by atoms with Crippen LogP contribution in [0.1, 0.15) is 35.9 Å². The molecular formula is C17H19ClN2O3. The first-order valence-electron chi connectivity index (χ1n) is 7.30. The van der Waals surface area contributed by atoms with E-state index in [0.717, 1.165) is 5.75 Å². The Labute approximate surface area is 140 Å². The molecule has 122 valence electrons. The Balaban J connectivity index is 1.91. The van der Waals surface area contributed by atoms with Crippen molar-refractivity contribution in [3.8, 4) is 5.75 Å². The van der Waals surface area contributed by atoms with Gasteiger partial charge in [-0.05, 0) is 43.7 Å². The van der Waals surface area contributed by atoms with Gasteiger partial charge in [-0.3, -0.25) is 4.79 Å². The van der Waals surface area contributed by atoms with Crippen LogP contribution in [-0.2, 0) is 0 Å². The number of nitrogens with zero attached hydrogens (tertiary/aromatic N) is 1. The average Bonchev–Trinajstić information content (AvgIpc) is 2.52. The standard InChI is InChI=1S/C17H19ClN2O3/c1-11(2)23-14-5-3-12(4-6-14)15(21)10-20-17(22)13-7-8-19-16(18)9-13/h3-9,11,15,21H,10H2,1-2H3,(H,20,22). The maximum atomic E-state index is 12.0. The highest BCUT2D eigenvalue weighted by molar-refractivity contribution is 6.29. The number of amides is 1. The summed E-state index contributed by atoms with van der Waals surface area (Å²) in [6, 6.07) is 10.2. The summed E-state index contributed by atoms with van der Waals surface area (Å²) in [6.07, 6.45) is 0.753. The Morgan fingerprint density at radius 2 is 2.00 bits per heavy atom. The van der Waals surface area contributed by atoms with Crippen LogP contribution < -0.4 is 10.1 Å². The molecule has 0 fully saturated rings. The number of carbonyl (C=O) groups is 1. The van der Waals surface area contributed by atoms with Crippen molar-refractivity contribution in [2.45, 2.75) is 26.1 Å². The van der Waals surface area contributed by atoms with E-state index in [2.05, 4.69) is 10.3 Å². The molecular weight excluding hydrogens is 316 g/mol. The Morgan fingerprint density at radius 3 is 2.61 bits per heavy atom. The summed E-state index contributed by atoms with van der Waals surface area (Å²) in [5.41, 5.74) is 1.10. The van der Waals surface area contributed by atoms with E-state index in [1.165, 1.54) is 12.3 Å². The number of halogens is 1. The van der Waals surface area contributed by atoms with Gasteiger partial charge >= 0.3 is 0 Å². The lowest BCUT2D eigenvalue weighted by Gasteiger charge is -2.14. The van der Waals surface area contributed by atoms with Gasteiger partial charge in [0.15, 0.2) is 0 Å². The molecule has 0 radical (unpaired) electrons. The van der Waals surface area contributed by atoms with Gasteiger partial charge in [0.05, 0.1) is 12.2 Å². The van der Waals surface area contributed by atoms with Gasteiger partial charge in [0.2, 0.25) is 0 Å². The van der Waals surface area contributed by atoms with E-state index in [-0.39, 0.29) is 23.7 Å². The zero-order chi connectivity index (χ0) is 16.8. The highest BCUT2D eigenvalue weighted by Gasteiger charge is 2.11. The molecule has 0 saturated carbocycles. The number of carbonyl (C=O) groups excluding carboxylic acids is 1. The van der Waals surface area contributed by atoms with E-state index in [1.807, 2.05) is 13.8 Å². The number of hydrogen-bond acceptors (Lipinski definition) is 4. The molecule has 1 heterocycles. The molecule has 1 unspecified atom stereocenters. The van der Waals surface area contributed by atoms with Crippen molar-refractivity contribution in [1.82, 2.24) is 10.3 Å². The van der Waals surface area contributed by atoms with Crippen LogP contribution in [0.25, 0.3) is 0 Å². The molecule has 23 heavy (non-hydrogen) atoms. The number of ether oxygens (including phenoxy) is 1. The third-order valence-electron chi connectivity index (χ3n) is 3.08. The quantitative estimate of drug-likeness (QED) is 0.797. The lowest BCUT2D eigenvalue weighted by molar-refractivity contribution is 0.0916. The zero-order valence-electron chi connectivity index (χ0n) is 13.0. The molecule has 1 amide bonds. The minimum Gasteiger partial charge on any atom is -0.491 e. The number of aliphatic hydroxyl groups is 1. The lowest BCUT2D eigenvalue weighted by atomic mass is 10.1. The SMILES string of the molecule is CC(C)Oc1ccc(C(O)CNC(=O)c2ccnc(Cl)c2)cc1. The molecule has 0 aliphatic rings. The van der Waals surface area contributed by atoms with E-state index in [0.29, 0.717) is 11.1 Å². The summed E-state index contributed by atoms with van der Waals surface area (Å²) in [5.74, 6) is 0.430. The Hall–Kier alpha value is -2.11. The molecule has 0 bridgehead atoms. The second-order valence-corrected chi connectivity index (χ2v) is 5.72. The third kappa shape index (κ3) is 5.23. The van der Waals surface area contributed by atoms with E-state index >= 15 is 0 Å². The van der Waals surface area contributed by atoms with Crippen molar-refractivity contribution in [3.63, 3.8) is 0 Å². The second-order valence-electron chi connectivity index (χ2n) is 5.33. The Kier molecular flexibility index (Phi) is 5.96. The van der Waals surface area contributed by atoms with Gasteiger partial charge in [0.1, 0.15) is 10.9 Å². The van der Waals surface area contributed by atoms with Crippen LogP contribution in [0.15, 0.2) is 42.6 Å². The van der Waals surface area contributed by atoms with E-state index in [9.17, 15) is 9.90 Å². The van der Waals surface area contributed by atoms with Crippen molar-refractivity contribution in [1.29, 1.82) is 0 Å². The molecule has 6 heteroatoms. The average molecular weight is 335 g/mol. The van der Waals surface area contributed by atoms with Crippen molar-refractivity contribution in [2.24, 2.45) is 0 Å². The van der Waals surface area contributed by atoms with Gasteiger partial charge in [-0.15, -0.1) is 0 Å². The maximum absolute atomic E-state index is 12.0. The van der Waals surface area contributed by atoms with Crippen LogP contribution in [0.3, 0.4) is 0 Å². The molecule has 0 saturated heterocycles. The van der Waals surface area contributed by atoms with Gasteiger partial charge in [0, 0.05) is 18.3 Å². The van der Waals surface area contributed by atoms with Gasteiger partial charge < -0.3 is 15.2 Å². The monoisotopic (exact) mass is 334 g/mol. The van der Waals surface area contributed by atoms with Gasteiger partial charge in [-0.2, -0.15) is 0 Å². The summed E-state index contributed by atoms with van der Waals surface area (Å²) in [6.45, 7) is 4.00. The zero-order valence-corrected chi connectivity index (χ0v) is 13.7. The number of pyridine rings is 1. The molecule has 5 nitrogen and oxygen atoms in total. The normalized spacial score (nSPS) is 12.0. The molecule has 1 aromatic heterocycles. The minimum absolute atomic E-state index is 0.0947. The van der Waals surface area contributed by atoms with Crippen LogP contribution in [0.4, 0.5) is 0 Å². The second kappa shape index (κ2) is 7.94. The highest BCUT2D eigenvalue weighted by Crippen LogP contribution is 2.18. The fourth-order valence-electron chi connectivity index (χ4n) is 1.99. The number of nitrogens with one attached hydrogen (secondary N) is 1. The van der Waals surface area contributed by atoms with Crippen molar-refractivity contribution in [3.05, 3.63) is 58.9 Å². The summed E-state index contributed by atoms with van der Waals surface area (Å²) < 4.78 is 5.55. The Morgan fingerprint density at radius 1 is 1.30 bits per heavy atom. The molecule has 0 aliphatic carbocycles. The third-order valence-corrected chi connectivity index (χ3v) is 3.29. The number of rotatable bonds is 6. The molecule has 0 aliphatic heterocycles. The lowest BCUT2D eigenvalue weighted by Crippen LogP contribution is -2.28. The Bertz CT molecular complexity index is 659. The molecule has 1 atom stereocenters. The molecule has 2 N–H and O–H groups in total. The number of aromatic nitrogens is 1. The minimum atomic E-state index is -0.802. The van der Waals surface area contributed by atoms with Crippen LogP contribution in [0.5, 0.6) is 5.75 Å². The first-order valence-corrected chi connectivity index (χ1v) is 7.68. The smallest absolute Gasteiger partial charge is 0.251 e. The van der Waals surface area contributed by atoms with Gasteiger partial charge in [0.25, 0.3) is 5.91 Å². The maximum Gasteiger partial charge on any atom is 0.251 e. The fraction of sp³-hybridized carbons (Fsp3) is 0.294. The van der Waals surface area contributed by atoms with Crippen molar-refractivity contribution < 1.29 is 14.6 Å². The number of benzene rings is 1. The largest absolute Gasteiger partial charge is 0.491 e. The first-order chi connectivity index (χ1) is 11.0. The highest BCUT2D eigenvalue weighted by atomic mass is 35.5. The molecule has 2 rings (SSSR count). The van der Waals surface area contributed by atoms with Crippen LogP contribution in [0.2, 0.25) is 5.15 Å². The van der Waals surface area contributed by atoms with E-state index < -0.39 is 6.10 Å². The molecule has 2 aromatic rings. The predicted molar refractivity (Wildman–Crippen MR) is 88.7 cm³/mol.